The van der Waals surface area contributed by atoms with Gasteiger partial charge < -0.3 is 9.30 Å². The van der Waals surface area contributed by atoms with Crippen molar-refractivity contribution < 1.29 is 4.74 Å². The molecule has 0 saturated heterocycles. The van der Waals surface area contributed by atoms with E-state index in [1.165, 1.54) is 10.9 Å². The van der Waals surface area contributed by atoms with E-state index in [0.717, 1.165) is 17.9 Å². The third-order valence-electron chi connectivity index (χ3n) is 2.57. The Morgan fingerprint density at radius 2 is 2.19 bits per heavy atom. The van der Waals surface area contributed by atoms with Crippen molar-refractivity contribution in [1.29, 1.82) is 0 Å². The minimum Gasteiger partial charge on any atom is -0.489 e. The monoisotopic (exact) mass is 215 g/mol. The Kier molecular flexibility index (Phi) is 3.00. The van der Waals surface area contributed by atoms with Gasteiger partial charge in [-0.05, 0) is 43.7 Å². The SMILES string of the molecule is C=C(C)COc1ccc2c(ccn2CC)c1. The second-order valence-corrected chi connectivity index (χ2v) is 4.07. The lowest BCUT2D eigenvalue weighted by molar-refractivity contribution is 0.353. The zero-order chi connectivity index (χ0) is 11.5. The first-order chi connectivity index (χ1) is 7.70. The van der Waals surface area contributed by atoms with Crippen LogP contribution in [0.25, 0.3) is 10.9 Å². The Balaban J connectivity index is 2.27. The number of ether oxygens (including phenoxy) is 1. The first-order valence-electron chi connectivity index (χ1n) is 5.57. The van der Waals surface area contributed by atoms with Crippen LogP contribution in [0, 0.1) is 0 Å². The quantitative estimate of drug-likeness (QED) is 0.710. The molecule has 2 heteroatoms. The van der Waals surface area contributed by atoms with Crippen molar-refractivity contribution in [3.05, 3.63) is 42.6 Å². The summed E-state index contributed by atoms with van der Waals surface area (Å²) in [5, 5.41) is 1.22. The van der Waals surface area contributed by atoms with Gasteiger partial charge in [0.1, 0.15) is 12.4 Å². The molecule has 2 aromatic rings. The standard InChI is InChI=1S/C14H17NO/c1-4-15-8-7-12-9-13(5-6-14(12)15)16-10-11(2)3/h5-9H,2,4,10H2,1,3H3. The van der Waals surface area contributed by atoms with Crippen LogP contribution < -0.4 is 4.74 Å². The van der Waals surface area contributed by atoms with Crippen molar-refractivity contribution in [2.45, 2.75) is 20.4 Å². The highest BCUT2D eigenvalue weighted by Crippen LogP contribution is 2.22. The molecule has 2 rings (SSSR count). The van der Waals surface area contributed by atoms with Crippen LogP contribution in [-0.4, -0.2) is 11.2 Å². The average molecular weight is 215 g/mol. The lowest BCUT2D eigenvalue weighted by Crippen LogP contribution is -1.97. The zero-order valence-electron chi connectivity index (χ0n) is 9.86. The number of fused-ring (bicyclic) bond motifs is 1. The summed E-state index contributed by atoms with van der Waals surface area (Å²) in [6.07, 6.45) is 2.10. The Morgan fingerprint density at radius 1 is 1.38 bits per heavy atom. The predicted octanol–water partition coefficient (Wildman–Crippen LogP) is 3.62. The van der Waals surface area contributed by atoms with Gasteiger partial charge in [-0.15, -0.1) is 0 Å². The van der Waals surface area contributed by atoms with Gasteiger partial charge in [0.05, 0.1) is 0 Å². The molecular formula is C14H17NO. The fraction of sp³-hybridized carbons (Fsp3) is 0.286. The third-order valence-corrected chi connectivity index (χ3v) is 2.57. The molecule has 0 saturated carbocycles. The maximum Gasteiger partial charge on any atom is 0.120 e. The number of benzene rings is 1. The van der Waals surface area contributed by atoms with E-state index in [0.29, 0.717) is 6.61 Å². The summed E-state index contributed by atoms with van der Waals surface area (Å²) in [6.45, 7) is 9.51. The summed E-state index contributed by atoms with van der Waals surface area (Å²) in [7, 11) is 0. The van der Waals surface area contributed by atoms with E-state index in [1.54, 1.807) is 0 Å². The maximum atomic E-state index is 5.61. The molecule has 84 valence electrons. The van der Waals surface area contributed by atoms with Crippen LogP contribution in [0.1, 0.15) is 13.8 Å². The van der Waals surface area contributed by atoms with Gasteiger partial charge in [0.15, 0.2) is 0 Å². The summed E-state index contributed by atoms with van der Waals surface area (Å²) in [6, 6.07) is 8.31. The van der Waals surface area contributed by atoms with Crippen molar-refractivity contribution in [3.8, 4) is 5.75 Å². The minimum absolute atomic E-state index is 0.583. The summed E-state index contributed by atoms with van der Waals surface area (Å²) in [5.74, 6) is 0.907. The van der Waals surface area contributed by atoms with Crippen LogP contribution in [0.4, 0.5) is 0 Å². The van der Waals surface area contributed by atoms with Crippen LogP contribution in [0.3, 0.4) is 0 Å². The molecule has 0 aliphatic rings. The summed E-state index contributed by atoms with van der Waals surface area (Å²) >= 11 is 0. The number of nitrogens with zero attached hydrogens (tertiary/aromatic N) is 1. The Bertz CT molecular complexity index is 510. The summed E-state index contributed by atoms with van der Waals surface area (Å²) in [5.41, 5.74) is 2.29. The number of aromatic nitrogens is 1. The van der Waals surface area contributed by atoms with Gasteiger partial charge in [0, 0.05) is 23.6 Å². The lowest BCUT2D eigenvalue weighted by atomic mass is 10.2. The minimum atomic E-state index is 0.583. The fourth-order valence-electron chi connectivity index (χ4n) is 1.75. The Hall–Kier alpha value is -1.70. The van der Waals surface area contributed by atoms with E-state index in [1.807, 2.05) is 13.0 Å². The van der Waals surface area contributed by atoms with Crippen LogP contribution in [0.5, 0.6) is 5.75 Å². The van der Waals surface area contributed by atoms with Gasteiger partial charge in [-0.25, -0.2) is 0 Å². The van der Waals surface area contributed by atoms with Gasteiger partial charge in [-0.2, -0.15) is 0 Å². The van der Waals surface area contributed by atoms with Crippen molar-refractivity contribution in [1.82, 2.24) is 4.57 Å². The topological polar surface area (TPSA) is 14.2 Å². The maximum absolute atomic E-state index is 5.61. The zero-order valence-corrected chi connectivity index (χ0v) is 9.86. The van der Waals surface area contributed by atoms with Gasteiger partial charge in [-0.1, -0.05) is 6.58 Å². The second-order valence-electron chi connectivity index (χ2n) is 4.07. The van der Waals surface area contributed by atoms with Gasteiger partial charge in [0.2, 0.25) is 0 Å². The van der Waals surface area contributed by atoms with Crippen molar-refractivity contribution in [3.63, 3.8) is 0 Å². The number of hydrogen-bond acceptors (Lipinski definition) is 1. The molecule has 1 heterocycles. The highest BCUT2D eigenvalue weighted by Gasteiger charge is 2.01. The molecule has 0 N–H and O–H groups in total. The molecule has 0 radical (unpaired) electrons. The largest absolute Gasteiger partial charge is 0.489 e. The van der Waals surface area contributed by atoms with Crippen molar-refractivity contribution in [2.75, 3.05) is 6.61 Å². The van der Waals surface area contributed by atoms with Crippen LogP contribution in [0.2, 0.25) is 0 Å². The molecular weight excluding hydrogens is 198 g/mol. The van der Waals surface area contributed by atoms with Gasteiger partial charge >= 0.3 is 0 Å². The van der Waals surface area contributed by atoms with Crippen LogP contribution in [0.15, 0.2) is 42.6 Å². The number of hydrogen-bond donors (Lipinski definition) is 0. The number of rotatable bonds is 4. The third kappa shape index (κ3) is 2.11. The molecule has 0 fully saturated rings. The summed E-state index contributed by atoms with van der Waals surface area (Å²) < 4.78 is 7.83. The average Bonchev–Trinajstić information content (AvgIpc) is 2.68. The summed E-state index contributed by atoms with van der Waals surface area (Å²) in [4.78, 5) is 0. The molecule has 1 aromatic carbocycles. The molecule has 0 aliphatic carbocycles. The first kappa shape index (κ1) is 10.8. The second kappa shape index (κ2) is 4.44. The first-order valence-corrected chi connectivity index (χ1v) is 5.57. The highest BCUT2D eigenvalue weighted by molar-refractivity contribution is 5.81. The number of aryl methyl sites for hydroxylation is 1. The lowest BCUT2D eigenvalue weighted by Gasteiger charge is -2.06. The van der Waals surface area contributed by atoms with E-state index < -0.39 is 0 Å². The molecule has 0 unspecified atom stereocenters. The van der Waals surface area contributed by atoms with Crippen LogP contribution in [-0.2, 0) is 6.54 Å². The molecule has 16 heavy (non-hydrogen) atoms. The van der Waals surface area contributed by atoms with E-state index in [4.69, 9.17) is 4.74 Å². The molecule has 1 aromatic heterocycles. The van der Waals surface area contributed by atoms with Crippen molar-refractivity contribution in [2.24, 2.45) is 0 Å². The van der Waals surface area contributed by atoms with E-state index in [2.05, 4.69) is 42.5 Å². The Morgan fingerprint density at radius 3 is 2.88 bits per heavy atom. The van der Waals surface area contributed by atoms with E-state index in [-0.39, 0.29) is 0 Å². The normalized spacial score (nSPS) is 10.6. The van der Waals surface area contributed by atoms with Crippen LogP contribution >= 0.6 is 0 Å². The smallest absolute Gasteiger partial charge is 0.120 e. The van der Waals surface area contributed by atoms with E-state index >= 15 is 0 Å². The molecule has 0 atom stereocenters. The van der Waals surface area contributed by atoms with Gasteiger partial charge in [-0.3, -0.25) is 0 Å². The predicted molar refractivity (Wildman–Crippen MR) is 67.9 cm³/mol. The fourth-order valence-corrected chi connectivity index (χ4v) is 1.75. The molecule has 0 spiro atoms. The highest BCUT2D eigenvalue weighted by atomic mass is 16.5. The molecule has 0 bridgehead atoms. The molecule has 2 nitrogen and oxygen atoms in total. The molecule has 0 amide bonds. The Labute approximate surface area is 96.1 Å². The molecule has 0 aliphatic heterocycles. The van der Waals surface area contributed by atoms with E-state index in [9.17, 15) is 0 Å². The van der Waals surface area contributed by atoms with Crippen molar-refractivity contribution >= 4 is 10.9 Å². The van der Waals surface area contributed by atoms with Gasteiger partial charge in [0.25, 0.3) is 0 Å².